The molecule has 1 aromatic carbocycles. The monoisotopic (exact) mass is 481 g/mol. The van der Waals surface area contributed by atoms with Crippen LogP contribution in [0.15, 0.2) is 58.4 Å². The van der Waals surface area contributed by atoms with Crippen LogP contribution in [-0.2, 0) is 15.8 Å². The fourth-order valence-electron chi connectivity index (χ4n) is 3.36. The maximum Gasteiger partial charge on any atom is 0.333 e. The first-order chi connectivity index (χ1) is 15.3. The summed E-state index contributed by atoms with van der Waals surface area (Å²) in [5, 5.41) is 21.3. The van der Waals surface area contributed by atoms with E-state index in [-0.39, 0.29) is 6.54 Å². The van der Waals surface area contributed by atoms with Gasteiger partial charge in [-0.2, -0.15) is 0 Å². The van der Waals surface area contributed by atoms with E-state index in [2.05, 4.69) is 9.51 Å². The number of thiazole rings is 1. The van der Waals surface area contributed by atoms with E-state index < -0.39 is 51.0 Å². The van der Waals surface area contributed by atoms with Crippen molar-refractivity contribution >= 4 is 19.9 Å². The molecule has 1 saturated heterocycles. The van der Waals surface area contributed by atoms with Crippen molar-refractivity contribution in [2.45, 2.75) is 31.1 Å². The Labute approximate surface area is 186 Å². The average Bonchev–Trinajstić information content (AvgIpc) is 3.36. The van der Waals surface area contributed by atoms with Crippen molar-refractivity contribution in [1.29, 1.82) is 0 Å². The van der Waals surface area contributed by atoms with Gasteiger partial charge >= 0.3 is 14.3 Å². The molecule has 1 aliphatic heterocycles. The van der Waals surface area contributed by atoms with Gasteiger partial charge in [0.05, 0.1) is 13.2 Å². The Morgan fingerprint density at radius 2 is 1.88 bits per heavy atom. The van der Waals surface area contributed by atoms with E-state index in [4.69, 9.17) is 14.5 Å². The third kappa shape index (κ3) is 4.72. The van der Waals surface area contributed by atoms with Crippen LogP contribution in [0, 0.1) is 0 Å². The molecule has 1 fully saturated rings. The highest BCUT2D eigenvalue weighted by Crippen LogP contribution is 2.32. The summed E-state index contributed by atoms with van der Waals surface area (Å²) >= 11 is 1.35. The van der Waals surface area contributed by atoms with Gasteiger partial charge in [0, 0.05) is 28.9 Å². The van der Waals surface area contributed by atoms with E-state index in [1.807, 2.05) is 30.3 Å². The standard InChI is InChI=1S/C19H20N3O8PS/c23-14-6-7-21(18-16(25)15(24)13(30-18)10-29-31(27)28)19(26)22(14)9-12-8-20-17(32-12)11-4-2-1-3-5-11/h1-8,13,15-16,18,24-25,27-28H,9-10H2. The van der Waals surface area contributed by atoms with Crippen LogP contribution in [0.1, 0.15) is 11.1 Å². The summed E-state index contributed by atoms with van der Waals surface area (Å²) in [4.78, 5) is 48.2. The number of aliphatic hydroxyl groups excluding tert-OH is 2. The Morgan fingerprint density at radius 3 is 2.59 bits per heavy atom. The molecular formula is C19H20N3O8PS. The zero-order valence-electron chi connectivity index (χ0n) is 16.5. The van der Waals surface area contributed by atoms with Crippen molar-refractivity contribution in [3.63, 3.8) is 0 Å². The summed E-state index contributed by atoms with van der Waals surface area (Å²) in [6, 6.07) is 10.6. The van der Waals surface area contributed by atoms with Gasteiger partial charge in [0.25, 0.3) is 5.56 Å². The number of hydrogen-bond acceptors (Lipinski definition) is 10. The number of benzene rings is 1. The number of aromatic nitrogens is 3. The molecule has 0 aliphatic carbocycles. The predicted octanol–water partition coefficient (Wildman–Crippen LogP) is 0.0291. The number of hydrogen-bond donors (Lipinski definition) is 4. The highest BCUT2D eigenvalue weighted by molar-refractivity contribution is 7.39. The topological polar surface area (TPSA) is 156 Å². The quantitative estimate of drug-likeness (QED) is 0.342. The van der Waals surface area contributed by atoms with Crippen molar-refractivity contribution in [3.8, 4) is 10.6 Å². The second-order valence-corrected chi connectivity index (χ2v) is 8.90. The highest BCUT2D eigenvalue weighted by atomic mass is 32.1. The molecule has 4 atom stereocenters. The summed E-state index contributed by atoms with van der Waals surface area (Å²) in [5.74, 6) is 0. The highest BCUT2D eigenvalue weighted by Gasteiger charge is 2.44. The normalized spacial score (nSPS) is 23.2. The van der Waals surface area contributed by atoms with Crippen LogP contribution in [-0.4, -0.2) is 59.0 Å². The van der Waals surface area contributed by atoms with Gasteiger partial charge in [-0.3, -0.25) is 13.9 Å². The smallest absolute Gasteiger partial charge is 0.333 e. The molecule has 4 N–H and O–H groups in total. The Kier molecular flexibility index (Phi) is 6.93. The molecular weight excluding hydrogens is 461 g/mol. The van der Waals surface area contributed by atoms with E-state index in [0.717, 1.165) is 25.8 Å². The molecule has 32 heavy (non-hydrogen) atoms. The van der Waals surface area contributed by atoms with Crippen LogP contribution in [0.25, 0.3) is 10.6 Å². The zero-order chi connectivity index (χ0) is 22.8. The molecule has 0 bridgehead atoms. The molecule has 0 spiro atoms. The predicted molar refractivity (Wildman–Crippen MR) is 115 cm³/mol. The Balaban J connectivity index is 1.58. The maximum atomic E-state index is 13.0. The molecule has 2 aromatic heterocycles. The molecule has 11 nitrogen and oxygen atoms in total. The number of rotatable bonds is 7. The first kappa shape index (κ1) is 22.9. The maximum absolute atomic E-state index is 13.0. The first-order valence-electron chi connectivity index (χ1n) is 9.49. The van der Waals surface area contributed by atoms with Gasteiger partial charge in [-0.05, 0) is 0 Å². The third-order valence-corrected chi connectivity index (χ3v) is 6.36. The first-order valence-corrected chi connectivity index (χ1v) is 11.5. The lowest BCUT2D eigenvalue weighted by Crippen LogP contribution is -2.43. The summed E-state index contributed by atoms with van der Waals surface area (Å²) in [7, 11) is -2.67. The lowest BCUT2D eigenvalue weighted by molar-refractivity contribution is -0.0531. The largest absolute Gasteiger partial charge is 0.387 e. The summed E-state index contributed by atoms with van der Waals surface area (Å²) in [5.41, 5.74) is -0.364. The number of ether oxygens (including phenoxy) is 1. The van der Waals surface area contributed by atoms with Crippen LogP contribution in [0.5, 0.6) is 0 Å². The molecule has 3 aromatic rings. The Morgan fingerprint density at radius 1 is 1.12 bits per heavy atom. The van der Waals surface area contributed by atoms with E-state index in [9.17, 15) is 19.8 Å². The van der Waals surface area contributed by atoms with Crippen LogP contribution in [0.3, 0.4) is 0 Å². The SMILES string of the molecule is O=c1ccn(C2OC(COP(O)O)C(O)C2O)c(=O)n1Cc1cnc(-c2ccccc2)s1. The second-order valence-electron chi connectivity index (χ2n) is 7.02. The number of aliphatic hydroxyl groups is 2. The molecule has 0 saturated carbocycles. The Hall–Kier alpha value is -2.28. The van der Waals surface area contributed by atoms with E-state index in [0.29, 0.717) is 4.88 Å². The van der Waals surface area contributed by atoms with Gasteiger partial charge in [0.2, 0.25) is 0 Å². The van der Waals surface area contributed by atoms with Crippen molar-refractivity contribution in [3.05, 3.63) is 74.5 Å². The molecule has 170 valence electrons. The lowest BCUT2D eigenvalue weighted by atomic mass is 10.1. The summed E-state index contributed by atoms with van der Waals surface area (Å²) < 4.78 is 12.2. The molecule has 4 unspecified atom stereocenters. The fraction of sp³-hybridized carbons (Fsp3) is 0.316. The van der Waals surface area contributed by atoms with E-state index >= 15 is 0 Å². The van der Waals surface area contributed by atoms with Gasteiger partial charge in [0.1, 0.15) is 23.3 Å². The molecule has 0 radical (unpaired) electrons. The Bertz CT molecular complexity index is 1180. The van der Waals surface area contributed by atoms with Crippen molar-refractivity contribution in [1.82, 2.24) is 14.1 Å². The second kappa shape index (κ2) is 9.69. The minimum Gasteiger partial charge on any atom is -0.387 e. The lowest BCUT2D eigenvalue weighted by Gasteiger charge is -2.18. The minimum atomic E-state index is -2.67. The van der Waals surface area contributed by atoms with E-state index in [1.165, 1.54) is 17.5 Å². The molecule has 13 heteroatoms. The average molecular weight is 481 g/mol. The van der Waals surface area contributed by atoms with Gasteiger partial charge in [-0.25, -0.2) is 9.78 Å². The van der Waals surface area contributed by atoms with Crippen LogP contribution >= 0.6 is 19.9 Å². The number of nitrogens with zero attached hydrogens (tertiary/aromatic N) is 3. The van der Waals surface area contributed by atoms with E-state index in [1.54, 1.807) is 6.20 Å². The van der Waals surface area contributed by atoms with Crippen LogP contribution in [0.4, 0.5) is 0 Å². The van der Waals surface area contributed by atoms with Crippen LogP contribution < -0.4 is 11.2 Å². The molecule has 3 heterocycles. The van der Waals surface area contributed by atoms with Gasteiger partial charge in [0.15, 0.2) is 6.23 Å². The summed E-state index contributed by atoms with van der Waals surface area (Å²) in [6.07, 6.45) is -2.54. The summed E-state index contributed by atoms with van der Waals surface area (Å²) in [6.45, 7) is -0.425. The van der Waals surface area contributed by atoms with Crippen molar-refractivity contribution in [2.24, 2.45) is 0 Å². The minimum absolute atomic E-state index is 0.0275. The zero-order valence-corrected chi connectivity index (χ0v) is 18.2. The third-order valence-electron chi connectivity index (χ3n) is 4.95. The van der Waals surface area contributed by atoms with Gasteiger partial charge in [-0.15, -0.1) is 11.3 Å². The molecule has 1 aliphatic rings. The van der Waals surface area contributed by atoms with Crippen molar-refractivity contribution in [2.75, 3.05) is 6.61 Å². The van der Waals surface area contributed by atoms with Gasteiger partial charge < -0.3 is 29.3 Å². The molecule has 4 rings (SSSR count). The molecule has 0 amide bonds. The fourth-order valence-corrected chi connectivity index (χ4v) is 4.55. The van der Waals surface area contributed by atoms with Crippen LogP contribution in [0.2, 0.25) is 0 Å². The van der Waals surface area contributed by atoms with Gasteiger partial charge in [-0.1, -0.05) is 30.3 Å². The van der Waals surface area contributed by atoms with Crippen molar-refractivity contribution < 1.29 is 29.3 Å².